The van der Waals surface area contributed by atoms with Crippen LogP contribution in [-0.4, -0.2) is 5.11 Å². The van der Waals surface area contributed by atoms with Gasteiger partial charge in [0.2, 0.25) is 0 Å². The molecular weight excluding hydrogens is 292 g/mol. The van der Waals surface area contributed by atoms with Gasteiger partial charge < -0.3 is 5.11 Å². The minimum absolute atomic E-state index is 0.348. The van der Waals surface area contributed by atoms with Crippen LogP contribution in [0.5, 0.6) is 0 Å². The lowest BCUT2D eigenvalue weighted by Gasteiger charge is -2.09. The molecule has 0 spiro atoms. The SMILES string of the molecule is CCCCCCCCc1ccc(-c2ccc(C(O)CC)cc2)cc1. The van der Waals surface area contributed by atoms with E-state index in [4.69, 9.17) is 0 Å². The Balaban J connectivity index is 1.85. The first-order valence-electron chi connectivity index (χ1n) is 9.62. The van der Waals surface area contributed by atoms with E-state index in [9.17, 15) is 5.11 Å². The van der Waals surface area contributed by atoms with Crippen molar-refractivity contribution in [2.45, 2.75) is 71.3 Å². The largest absolute Gasteiger partial charge is 0.388 e. The Bertz CT molecular complexity index is 568. The number of hydrogen-bond donors (Lipinski definition) is 1. The number of benzene rings is 2. The van der Waals surface area contributed by atoms with Crippen LogP contribution in [0.2, 0.25) is 0 Å². The summed E-state index contributed by atoms with van der Waals surface area (Å²) in [6.45, 7) is 4.27. The van der Waals surface area contributed by atoms with Crippen LogP contribution in [0.4, 0.5) is 0 Å². The summed E-state index contributed by atoms with van der Waals surface area (Å²) in [7, 11) is 0. The molecule has 1 nitrogen and oxygen atoms in total. The maximum Gasteiger partial charge on any atom is 0.0787 e. The number of unbranched alkanes of at least 4 members (excludes halogenated alkanes) is 5. The molecule has 2 rings (SSSR count). The second-order valence-electron chi connectivity index (χ2n) is 6.76. The van der Waals surface area contributed by atoms with Crippen LogP contribution in [-0.2, 0) is 6.42 Å². The number of rotatable bonds is 10. The first-order valence-corrected chi connectivity index (χ1v) is 9.62. The van der Waals surface area contributed by atoms with E-state index in [2.05, 4.69) is 43.3 Å². The molecule has 0 saturated carbocycles. The van der Waals surface area contributed by atoms with Crippen molar-refractivity contribution in [3.8, 4) is 11.1 Å². The molecule has 1 unspecified atom stereocenters. The molecule has 0 heterocycles. The molecule has 0 aliphatic carbocycles. The number of aryl methyl sites for hydroxylation is 1. The number of hydrogen-bond acceptors (Lipinski definition) is 1. The Morgan fingerprint density at radius 2 is 1.25 bits per heavy atom. The summed E-state index contributed by atoms with van der Waals surface area (Å²) in [5.74, 6) is 0. The third-order valence-corrected chi connectivity index (χ3v) is 4.79. The first kappa shape index (κ1) is 18.7. The van der Waals surface area contributed by atoms with E-state index in [1.807, 2.05) is 19.1 Å². The maximum atomic E-state index is 9.88. The van der Waals surface area contributed by atoms with Crippen molar-refractivity contribution in [2.75, 3.05) is 0 Å². The van der Waals surface area contributed by atoms with Crippen molar-refractivity contribution < 1.29 is 5.11 Å². The standard InChI is InChI=1S/C23H32O/c1-3-5-6-7-8-9-10-19-11-13-20(14-12-19)21-15-17-22(18-16-21)23(24)4-2/h11-18,23-24H,3-10H2,1-2H3. The Hall–Kier alpha value is -1.60. The Kier molecular flexibility index (Phi) is 8.04. The first-order chi connectivity index (χ1) is 11.7. The number of aliphatic hydroxyl groups is 1. The summed E-state index contributed by atoms with van der Waals surface area (Å²) in [6, 6.07) is 17.2. The molecule has 0 radical (unpaired) electrons. The quantitative estimate of drug-likeness (QED) is 0.482. The average Bonchev–Trinajstić information content (AvgIpc) is 2.64. The highest BCUT2D eigenvalue weighted by molar-refractivity contribution is 5.64. The van der Waals surface area contributed by atoms with Gasteiger partial charge in [-0.3, -0.25) is 0 Å². The maximum absolute atomic E-state index is 9.88. The molecule has 2 aromatic rings. The van der Waals surface area contributed by atoms with Crippen LogP contribution in [0, 0.1) is 0 Å². The third kappa shape index (κ3) is 5.79. The minimum Gasteiger partial charge on any atom is -0.388 e. The van der Waals surface area contributed by atoms with Crippen LogP contribution in [0.15, 0.2) is 48.5 Å². The van der Waals surface area contributed by atoms with Gasteiger partial charge in [-0.1, -0.05) is 94.5 Å². The highest BCUT2D eigenvalue weighted by Crippen LogP contribution is 2.24. The van der Waals surface area contributed by atoms with Gasteiger partial charge in [0.15, 0.2) is 0 Å². The average molecular weight is 325 g/mol. The lowest BCUT2D eigenvalue weighted by molar-refractivity contribution is 0.173. The number of aliphatic hydroxyl groups excluding tert-OH is 1. The summed E-state index contributed by atoms with van der Waals surface area (Å²) in [6.07, 6.45) is 9.71. The van der Waals surface area contributed by atoms with E-state index in [-0.39, 0.29) is 6.10 Å². The fraction of sp³-hybridized carbons (Fsp3) is 0.478. The summed E-state index contributed by atoms with van der Waals surface area (Å²) in [4.78, 5) is 0. The van der Waals surface area contributed by atoms with Gasteiger partial charge in [-0.15, -0.1) is 0 Å². The Morgan fingerprint density at radius 1 is 0.708 bits per heavy atom. The van der Waals surface area contributed by atoms with Gasteiger partial charge in [-0.05, 0) is 41.5 Å². The van der Waals surface area contributed by atoms with Crippen LogP contribution in [0.1, 0.15) is 76.0 Å². The summed E-state index contributed by atoms with van der Waals surface area (Å²) < 4.78 is 0. The smallest absolute Gasteiger partial charge is 0.0787 e. The third-order valence-electron chi connectivity index (χ3n) is 4.79. The topological polar surface area (TPSA) is 20.2 Å². The van der Waals surface area contributed by atoms with E-state index in [1.54, 1.807) is 0 Å². The van der Waals surface area contributed by atoms with E-state index >= 15 is 0 Å². The van der Waals surface area contributed by atoms with Crippen molar-refractivity contribution in [2.24, 2.45) is 0 Å². The molecule has 1 atom stereocenters. The van der Waals surface area contributed by atoms with Crippen LogP contribution < -0.4 is 0 Å². The second kappa shape index (κ2) is 10.3. The zero-order valence-corrected chi connectivity index (χ0v) is 15.3. The van der Waals surface area contributed by atoms with E-state index in [0.717, 1.165) is 12.0 Å². The Labute approximate surface area is 147 Å². The molecule has 24 heavy (non-hydrogen) atoms. The molecule has 1 N–H and O–H groups in total. The van der Waals surface area contributed by atoms with Crippen molar-refractivity contribution in [3.63, 3.8) is 0 Å². The second-order valence-corrected chi connectivity index (χ2v) is 6.76. The molecule has 0 amide bonds. The van der Waals surface area contributed by atoms with Crippen molar-refractivity contribution in [1.29, 1.82) is 0 Å². The van der Waals surface area contributed by atoms with Crippen LogP contribution in [0.3, 0.4) is 0 Å². The van der Waals surface area contributed by atoms with Gasteiger partial charge >= 0.3 is 0 Å². The van der Waals surface area contributed by atoms with E-state index in [0.29, 0.717) is 0 Å². The monoisotopic (exact) mass is 324 g/mol. The molecule has 0 saturated heterocycles. The normalized spacial score (nSPS) is 12.3. The van der Waals surface area contributed by atoms with Gasteiger partial charge in [0, 0.05) is 0 Å². The molecule has 2 aromatic carbocycles. The molecule has 0 aliphatic rings. The zero-order valence-electron chi connectivity index (χ0n) is 15.3. The zero-order chi connectivity index (χ0) is 17.2. The lowest BCUT2D eigenvalue weighted by Crippen LogP contribution is -1.94. The fourth-order valence-corrected chi connectivity index (χ4v) is 3.11. The molecule has 0 fully saturated rings. The van der Waals surface area contributed by atoms with Gasteiger partial charge in [-0.25, -0.2) is 0 Å². The van der Waals surface area contributed by atoms with Crippen molar-refractivity contribution in [1.82, 2.24) is 0 Å². The molecular formula is C23H32O. The summed E-state index contributed by atoms with van der Waals surface area (Å²) in [5.41, 5.74) is 4.90. The van der Waals surface area contributed by atoms with Gasteiger partial charge in [0.1, 0.15) is 0 Å². The van der Waals surface area contributed by atoms with E-state index in [1.165, 1.54) is 61.6 Å². The van der Waals surface area contributed by atoms with Gasteiger partial charge in [0.05, 0.1) is 6.10 Å². The van der Waals surface area contributed by atoms with Crippen molar-refractivity contribution >= 4 is 0 Å². The lowest BCUT2D eigenvalue weighted by atomic mass is 9.99. The summed E-state index contributed by atoms with van der Waals surface area (Å²) in [5, 5.41) is 9.88. The predicted molar refractivity (Wildman–Crippen MR) is 104 cm³/mol. The molecule has 1 heteroatoms. The van der Waals surface area contributed by atoms with Gasteiger partial charge in [-0.2, -0.15) is 0 Å². The van der Waals surface area contributed by atoms with Crippen molar-refractivity contribution in [3.05, 3.63) is 59.7 Å². The predicted octanol–water partition coefficient (Wildman–Crippen LogP) is 6.70. The van der Waals surface area contributed by atoms with Crippen LogP contribution >= 0.6 is 0 Å². The van der Waals surface area contributed by atoms with Gasteiger partial charge in [0.25, 0.3) is 0 Å². The minimum atomic E-state index is -0.348. The molecule has 130 valence electrons. The fourth-order valence-electron chi connectivity index (χ4n) is 3.11. The molecule has 0 bridgehead atoms. The highest BCUT2D eigenvalue weighted by atomic mass is 16.3. The Morgan fingerprint density at radius 3 is 1.83 bits per heavy atom. The molecule has 0 aliphatic heterocycles. The molecule has 0 aromatic heterocycles. The van der Waals surface area contributed by atoms with E-state index < -0.39 is 0 Å². The highest BCUT2D eigenvalue weighted by Gasteiger charge is 2.05. The summed E-state index contributed by atoms with van der Waals surface area (Å²) >= 11 is 0. The van der Waals surface area contributed by atoms with Crippen LogP contribution in [0.25, 0.3) is 11.1 Å².